The van der Waals surface area contributed by atoms with Crippen LogP contribution in [0.1, 0.15) is 69.8 Å². The number of guanidine groups is 2. The fourth-order valence-electron chi connectivity index (χ4n) is 5.38. The minimum Gasteiger partial charge on any atom is -0.480 e. The first-order valence-electron chi connectivity index (χ1n) is 18.7. The van der Waals surface area contributed by atoms with E-state index in [2.05, 4.69) is 36.6 Å². The zero-order valence-electron chi connectivity index (χ0n) is 31.9. The number of unbranched alkanes of at least 4 members (excludes halogenated alkanes) is 2. The molecule has 0 aromatic heterocycles. The molecule has 0 aliphatic heterocycles. The summed E-state index contributed by atoms with van der Waals surface area (Å²) in [5.41, 5.74) is 39.8. The topological polar surface area (TPSA) is 390 Å². The maximum absolute atomic E-state index is 13.8. The molecule has 56 heavy (non-hydrogen) atoms. The molecule has 0 fully saturated rings. The zero-order valence-corrected chi connectivity index (χ0v) is 31.9. The minimum atomic E-state index is -1.26. The standard InChI is InChI=1S/C35H62N14O7/c36-16-6-4-12-24(46-28(50)21-45-29(51)23(38)20-22-10-2-1-3-11-22)30(52)47-25(14-8-18-43-34(39)40)31(53)48-26(15-9-19-44-35(41)42)32(54)49-27(33(55)56)13-5-7-17-37/h1-3,10-11,23-27H,4-9,12-21,36-38H2,(H,45,51)(H,46,50)(H,47,52)(H,48,53)(H,49,54)(H,55,56)(H4,39,40,43)(H4,41,42,44)/t23-,24-,25-,26-,27-/m0/s1. The van der Waals surface area contributed by atoms with Gasteiger partial charge in [-0.1, -0.05) is 30.3 Å². The van der Waals surface area contributed by atoms with Gasteiger partial charge in [-0.2, -0.15) is 0 Å². The first kappa shape index (κ1) is 48.5. The third-order valence-corrected chi connectivity index (χ3v) is 8.38. The maximum Gasteiger partial charge on any atom is 0.326 e. The number of carboxylic acid groups (broad SMARTS) is 1. The van der Waals surface area contributed by atoms with E-state index in [1.807, 2.05) is 30.3 Å². The van der Waals surface area contributed by atoms with Crippen LogP contribution in [-0.2, 0) is 35.2 Å². The molecule has 5 atom stereocenters. The Labute approximate surface area is 327 Å². The molecule has 5 amide bonds. The molecule has 0 unspecified atom stereocenters. The highest BCUT2D eigenvalue weighted by molar-refractivity contribution is 5.95. The number of carbonyl (C=O) groups is 6. The van der Waals surface area contributed by atoms with Crippen molar-refractivity contribution in [2.24, 2.45) is 50.1 Å². The lowest BCUT2D eigenvalue weighted by atomic mass is 10.0. The van der Waals surface area contributed by atoms with Crippen molar-refractivity contribution in [3.8, 4) is 0 Å². The van der Waals surface area contributed by atoms with Crippen LogP contribution >= 0.6 is 0 Å². The molecular formula is C35H62N14O7. The number of carboxylic acids is 1. The van der Waals surface area contributed by atoms with E-state index in [1.165, 1.54) is 0 Å². The fraction of sp³-hybridized carbons (Fsp3) is 0.600. The van der Waals surface area contributed by atoms with Crippen molar-refractivity contribution >= 4 is 47.4 Å². The highest BCUT2D eigenvalue weighted by Crippen LogP contribution is 2.09. The van der Waals surface area contributed by atoms with Gasteiger partial charge < -0.3 is 71.8 Å². The molecule has 314 valence electrons. The Balaban J connectivity index is 3.19. The molecule has 0 saturated heterocycles. The van der Waals surface area contributed by atoms with Crippen LogP contribution in [0, 0.1) is 0 Å². The molecule has 0 spiro atoms. The normalized spacial score (nSPS) is 13.4. The van der Waals surface area contributed by atoms with E-state index in [0.717, 1.165) is 5.56 Å². The van der Waals surface area contributed by atoms with Gasteiger partial charge >= 0.3 is 5.97 Å². The SMILES string of the molecule is NCCCC[C@H](NC(=O)[C@H](CCCN=C(N)N)NC(=O)[C@H](CCCN=C(N)N)NC(=O)[C@H](CCCCN)NC(=O)CNC(=O)[C@@H](N)Cc1ccccc1)C(=O)O. The lowest BCUT2D eigenvalue weighted by Crippen LogP contribution is -2.58. The molecule has 21 nitrogen and oxygen atoms in total. The summed E-state index contributed by atoms with van der Waals surface area (Å²) in [5, 5.41) is 22.6. The summed E-state index contributed by atoms with van der Waals surface area (Å²) in [6, 6.07) is 3.31. The second-order valence-electron chi connectivity index (χ2n) is 13.1. The Morgan fingerprint density at radius 1 is 0.589 bits per heavy atom. The Hall–Kier alpha value is -5.54. The Kier molecular flexibility index (Phi) is 24.2. The van der Waals surface area contributed by atoms with Crippen LogP contribution in [-0.4, -0.2) is 115 Å². The largest absolute Gasteiger partial charge is 0.480 e. The second-order valence-corrected chi connectivity index (χ2v) is 13.1. The number of benzene rings is 1. The van der Waals surface area contributed by atoms with Gasteiger partial charge in [0.25, 0.3) is 0 Å². The number of carbonyl (C=O) groups excluding carboxylic acids is 5. The summed E-state index contributed by atoms with van der Waals surface area (Å²) in [6.45, 7) is 0.429. The Bertz CT molecular complexity index is 1440. The summed E-state index contributed by atoms with van der Waals surface area (Å²) >= 11 is 0. The maximum atomic E-state index is 13.8. The van der Waals surface area contributed by atoms with E-state index in [4.69, 9.17) is 40.1 Å². The van der Waals surface area contributed by atoms with Crippen molar-refractivity contribution in [3.05, 3.63) is 35.9 Å². The van der Waals surface area contributed by atoms with E-state index in [1.54, 1.807) is 0 Å². The van der Waals surface area contributed by atoms with Gasteiger partial charge in [0, 0.05) is 13.1 Å². The molecule has 1 rings (SSSR count). The Morgan fingerprint density at radius 3 is 1.46 bits per heavy atom. The second kappa shape index (κ2) is 28.0. The Morgan fingerprint density at radius 2 is 1.02 bits per heavy atom. The number of rotatable bonds is 29. The fourth-order valence-corrected chi connectivity index (χ4v) is 5.38. The van der Waals surface area contributed by atoms with Gasteiger partial charge in [0.1, 0.15) is 24.2 Å². The van der Waals surface area contributed by atoms with Crippen molar-refractivity contribution in [2.45, 2.75) is 101 Å². The van der Waals surface area contributed by atoms with E-state index >= 15 is 0 Å². The third kappa shape index (κ3) is 21.4. The zero-order chi connectivity index (χ0) is 41.9. The van der Waals surface area contributed by atoms with Gasteiger partial charge in [0.2, 0.25) is 29.5 Å². The highest BCUT2D eigenvalue weighted by Gasteiger charge is 2.31. The van der Waals surface area contributed by atoms with Gasteiger partial charge in [-0.15, -0.1) is 0 Å². The number of hydrogen-bond acceptors (Lipinski definition) is 11. The van der Waals surface area contributed by atoms with E-state index in [0.29, 0.717) is 38.8 Å². The summed E-state index contributed by atoms with van der Waals surface area (Å²) in [4.78, 5) is 86.3. The number of amides is 5. The smallest absolute Gasteiger partial charge is 0.326 e. The summed E-state index contributed by atoms with van der Waals surface area (Å²) in [6.07, 6.45) is 2.94. The molecule has 1 aromatic carbocycles. The number of nitrogens with one attached hydrogen (secondary N) is 5. The molecule has 20 N–H and O–H groups in total. The van der Waals surface area contributed by atoms with Crippen LogP contribution in [0.5, 0.6) is 0 Å². The van der Waals surface area contributed by atoms with Crippen LogP contribution in [0.4, 0.5) is 0 Å². The summed E-state index contributed by atoms with van der Waals surface area (Å²) in [7, 11) is 0. The van der Waals surface area contributed by atoms with Gasteiger partial charge in [0.15, 0.2) is 11.9 Å². The highest BCUT2D eigenvalue weighted by atomic mass is 16.4. The molecule has 1 aromatic rings. The van der Waals surface area contributed by atoms with Crippen molar-refractivity contribution in [1.29, 1.82) is 0 Å². The molecule has 0 heterocycles. The minimum absolute atomic E-state index is 0.00631. The van der Waals surface area contributed by atoms with Crippen LogP contribution in [0.3, 0.4) is 0 Å². The molecule has 0 aliphatic rings. The van der Waals surface area contributed by atoms with Crippen LogP contribution < -0.4 is 66.7 Å². The monoisotopic (exact) mass is 790 g/mol. The number of aliphatic imine (C=N–C) groups is 2. The predicted molar refractivity (Wildman–Crippen MR) is 212 cm³/mol. The lowest BCUT2D eigenvalue weighted by Gasteiger charge is -2.26. The van der Waals surface area contributed by atoms with Crippen molar-refractivity contribution in [2.75, 3.05) is 32.7 Å². The van der Waals surface area contributed by atoms with Gasteiger partial charge in [-0.05, 0) is 89.3 Å². The number of nitrogens with zero attached hydrogens (tertiary/aromatic N) is 2. The van der Waals surface area contributed by atoms with E-state index in [9.17, 15) is 33.9 Å². The number of aliphatic carboxylic acids is 1. The van der Waals surface area contributed by atoms with Crippen LogP contribution in [0.2, 0.25) is 0 Å². The lowest BCUT2D eigenvalue weighted by molar-refractivity contribution is -0.142. The van der Waals surface area contributed by atoms with E-state index < -0.39 is 72.3 Å². The quantitative estimate of drug-likeness (QED) is 0.0209. The molecule has 0 saturated carbocycles. The first-order valence-corrected chi connectivity index (χ1v) is 18.7. The average Bonchev–Trinajstić information content (AvgIpc) is 3.15. The third-order valence-electron chi connectivity index (χ3n) is 8.38. The van der Waals surface area contributed by atoms with Gasteiger partial charge in [0.05, 0.1) is 12.6 Å². The summed E-state index contributed by atoms with van der Waals surface area (Å²) in [5.74, 6) is -5.11. The molecule has 0 bridgehead atoms. The molecular weight excluding hydrogens is 728 g/mol. The van der Waals surface area contributed by atoms with Crippen LogP contribution in [0.25, 0.3) is 0 Å². The molecule has 0 radical (unpaired) electrons. The van der Waals surface area contributed by atoms with Crippen LogP contribution in [0.15, 0.2) is 40.3 Å². The average molecular weight is 791 g/mol. The predicted octanol–water partition coefficient (Wildman–Crippen LogP) is -3.94. The molecule has 21 heteroatoms. The number of nitrogens with two attached hydrogens (primary N) is 7. The van der Waals surface area contributed by atoms with Gasteiger partial charge in [-0.3, -0.25) is 34.0 Å². The van der Waals surface area contributed by atoms with Crippen molar-refractivity contribution in [3.63, 3.8) is 0 Å². The number of hydrogen-bond donors (Lipinski definition) is 13. The molecule has 0 aliphatic carbocycles. The van der Waals surface area contributed by atoms with Crippen molar-refractivity contribution < 1.29 is 33.9 Å². The van der Waals surface area contributed by atoms with Gasteiger partial charge in [-0.25, -0.2) is 4.79 Å². The first-order chi connectivity index (χ1) is 26.7. The summed E-state index contributed by atoms with van der Waals surface area (Å²) < 4.78 is 0. The van der Waals surface area contributed by atoms with Crippen molar-refractivity contribution in [1.82, 2.24) is 26.6 Å². The van der Waals surface area contributed by atoms with E-state index in [-0.39, 0.29) is 70.0 Å².